The molecule has 0 saturated carbocycles. The largest absolute Gasteiger partial charge is 0.330 e. The molecule has 0 aliphatic carbocycles. The molecule has 160 valence electrons. The molecule has 1 nitrogen and oxygen atoms in total. The monoisotopic (exact) mass is 405 g/mol. The number of hydrogen-bond donors (Lipinski definition) is 1. The number of halogens is 1. The highest BCUT2D eigenvalue weighted by molar-refractivity contribution is 5.91. The average molecular weight is 406 g/mol. The normalized spacial score (nSPS) is 13.0. The van der Waals surface area contributed by atoms with Crippen molar-refractivity contribution in [1.82, 2.24) is 0 Å². The molecule has 2 heteroatoms. The Morgan fingerprint density at radius 2 is 1.77 bits per heavy atom. The van der Waals surface area contributed by atoms with Gasteiger partial charge in [-0.3, -0.25) is 0 Å². The molecule has 0 atom stereocenters. The zero-order valence-electron chi connectivity index (χ0n) is 19.6. The van der Waals surface area contributed by atoms with Gasteiger partial charge in [0, 0.05) is 12.0 Å². The molecule has 0 radical (unpaired) electrons. The van der Waals surface area contributed by atoms with Crippen LogP contribution >= 0.6 is 0 Å². The second-order valence-corrected chi connectivity index (χ2v) is 8.73. The van der Waals surface area contributed by atoms with Crippen LogP contribution < -0.4 is 5.73 Å². The van der Waals surface area contributed by atoms with E-state index in [0.717, 1.165) is 39.8 Å². The highest BCUT2D eigenvalue weighted by Crippen LogP contribution is 2.39. The SMILES string of the molecule is C=C(CC)/C(C)=C(/C=C\C)c1c(C)ccc(C)c1-c1ccc(C(C)(C)CN)c(F)c1. The van der Waals surface area contributed by atoms with E-state index < -0.39 is 5.41 Å². The van der Waals surface area contributed by atoms with Crippen LogP contribution in [0.3, 0.4) is 0 Å². The molecule has 0 spiro atoms. The third-order valence-corrected chi connectivity index (χ3v) is 6.08. The van der Waals surface area contributed by atoms with Crippen molar-refractivity contribution in [3.05, 3.63) is 88.3 Å². The van der Waals surface area contributed by atoms with Crippen molar-refractivity contribution in [2.24, 2.45) is 5.73 Å². The summed E-state index contributed by atoms with van der Waals surface area (Å²) < 4.78 is 15.2. The molecule has 2 aromatic carbocycles. The van der Waals surface area contributed by atoms with Gasteiger partial charge in [-0.2, -0.15) is 0 Å². The fraction of sp³-hybridized carbons (Fsp3) is 0.357. The summed E-state index contributed by atoms with van der Waals surface area (Å²) in [5, 5.41) is 0. The maximum Gasteiger partial charge on any atom is 0.127 e. The van der Waals surface area contributed by atoms with E-state index in [-0.39, 0.29) is 5.82 Å². The first-order chi connectivity index (χ1) is 14.1. The van der Waals surface area contributed by atoms with Gasteiger partial charge in [0.25, 0.3) is 0 Å². The molecule has 30 heavy (non-hydrogen) atoms. The minimum Gasteiger partial charge on any atom is -0.330 e. The van der Waals surface area contributed by atoms with Crippen LogP contribution in [0.1, 0.15) is 63.3 Å². The average Bonchev–Trinajstić information content (AvgIpc) is 2.72. The fourth-order valence-corrected chi connectivity index (χ4v) is 3.88. The third kappa shape index (κ3) is 4.65. The lowest BCUT2D eigenvalue weighted by molar-refractivity contribution is 0.493. The van der Waals surface area contributed by atoms with Crippen LogP contribution in [0.5, 0.6) is 0 Å². The number of nitrogens with two attached hydrogens (primary N) is 1. The van der Waals surface area contributed by atoms with Gasteiger partial charge in [-0.25, -0.2) is 4.39 Å². The Hall–Kier alpha value is -2.45. The van der Waals surface area contributed by atoms with Gasteiger partial charge in [0.2, 0.25) is 0 Å². The molecule has 2 N–H and O–H groups in total. The van der Waals surface area contributed by atoms with Gasteiger partial charge in [0.15, 0.2) is 0 Å². The second kappa shape index (κ2) is 9.57. The summed E-state index contributed by atoms with van der Waals surface area (Å²) in [7, 11) is 0. The smallest absolute Gasteiger partial charge is 0.127 e. The maximum absolute atomic E-state index is 15.2. The zero-order valence-corrected chi connectivity index (χ0v) is 19.6. The minimum atomic E-state index is -0.404. The van der Waals surface area contributed by atoms with Crippen molar-refractivity contribution in [2.45, 2.75) is 60.3 Å². The molecule has 2 rings (SSSR count). The molecule has 0 unspecified atom stereocenters. The van der Waals surface area contributed by atoms with Gasteiger partial charge in [0.1, 0.15) is 5.82 Å². The van der Waals surface area contributed by atoms with Gasteiger partial charge in [0.05, 0.1) is 0 Å². The minimum absolute atomic E-state index is 0.207. The van der Waals surface area contributed by atoms with Gasteiger partial charge in [-0.15, -0.1) is 0 Å². The molecule has 0 saturated heterocycles. The van der Waals surface area contributed by atoms with Crippen molar-refractivity contribution >= 4 is 5.57 Å². The summed E-state index contributed by atoms with van der Waals surface area (Å²) in [6.45, 7) is 19.1. The van der Waals surface area contributed by atoms with Crippen molar-refractivity contribution < 1.29 is 4.39 Å². The van der Waals surface area contributed by atoms with E-state index in [1.807, 2.05) is 32.9 Å². The third-order valence-electron chi connectivity index (χ3n) is 6.08. The Morgan fingerprint density at radius 1 is 1.13 bits per heavy atom. The lowest BCUT2D eigenvalue weighted by atomic mass is 9.81. The molecule has 0 bridgehead atoms. The maximum atomic E-state index is 15.2. The van der Waals surface area contributed by atoms with Crippen LogP contribution in [0.15, 0.2) is 60.2 Å². The first kappa shape index (κ1) is 23.8. The molecule has 0 amide bonds. The van der Waals surface area contributed by atoms with Crippen molar-refractivity contribution in [3.63, 3.8) is 0 Å². The highest BCUT2D eigenvalue weighted by Gasteiger charge is 2.24. The molecule has 2 aromatic rings. The Bertz CT molecular complexity index is 1010. The topological polar surface area (TPSA) is 26.0 Å². The van der Waals surface area contributed by atoms with E-state index >= 15 is 4.39 Å². The van der Waals surface area contributed by atoms with E-state index in [4.69, 9.17) is 5.73 Å². The van der Waals surface area contributed by atoms with Gasteiger partial charge < -0.3 is 5.73 Å². The molecule has 0 aliphatic rings. The quantitative estimate of drug-likeness (QED) is 0.470. The van der Waals surface area contributed by atoms with Crippen LogP contribution in [0.25, 0.3) is 16.7 Å². The van der Waals surface area contributed by atoms with Crippen molar-refractivity contribution in [2.75, 3.05) is 6.54 Å². The van der Waals surface area contributed by atoms with E-state index in [9.17, 15) is 0 Å². The predicted molar refractivity (Wildman–Crippen MR) is 130 cm³/mol. The Labute approximate surface area is 182 Å². The fourth-order valence-electron chi connectivity index (χ4n) is 3.88. The summed E-state index contributed by atoms with van der Waals surface area (Å²) in [6, 6.07) is 9.83. The summed E-state index contributed by atoms with van der Waals surface area (Å²) in [4.78, 5) is 0. The van der Waals surface area contributed by atoms with Crippen LogP contribution in [0.2, 0.25) is 0 Å². The lowest BCUT2D eigenvalue weighted by Crippen LogP contribution is -2.29. The number of hydrogen-bond acceptors (Lipinski definition) is 1. The van der Waals surface area contributed by atoms with Crippen LogP contribution in [0.4, 0.5) is 4.39 Å². The standard InChI is InChI=1S/C28H36FN/c1-9-11-23(21(6)18(3)10-2)27-20(5)13-12-19(4)26(27)22-14-15-24(25(29)16-22)28(7,8)17-30/h9,11-16H,3,10,17,30H2,1-2,4-8H3/b11-9-,23-21-. The summed E-state index contributed by atoms with van der Waals surface area (Å²) in [6.07, 6.45) is 5.09. The molecule has 0 heterocycles. The lowest BCUT2D eigenvalue weighted by Gasteiger charge is -2.25. The van der Waals surface area contributed by atoms with E-state index in [1.54, 1.807) is 6.07 Å². The van der Waals surface area contributed by atoms with Gasteiger partial charge >= 0.3 is 0 Å². The van der Waals surface area contributed by atoms with E-state index in [1.165, 1.54) is 11.1 Å². The molecular weight excluding hydrogens is 369 g/mol. The summed E-state index contributed by atoms with van der Waals surface area (Å²) in [5.41, 5.74) is 15.0. The van der Waals surface area contributed by atoms with Crippen molar-refractivity contribution in [1.29, 1.82) is 0 Å². The molecule has 0 aliphatic heterocycles. The Morgan fingerprint density at radius 3 is 2.30 bits per heavy atom. The first-order valence-electron chi connectivity index (χ1n) is 10.7. The number of aryl methyl sites for hydroxylation is 2. The molecule has 0 fully saturated rings. The van der Waals surface area contributed by atoms with Crippen LogP contribution in [0, 0.1) is 19.7 Å². The Balaban J connectivity index is 2.85. The Kier molecular flexibility index (Phi) is 7.60. The molecular formula is C28H36FN. The second-order valence-electron chi connectivity index (χ2n) is 8.73. The summed E-state index contributed by atoms with van der Waals surface area (Å²) >= 11 is 0. The van der Waals surface area contributed by atoms with Crippen LogP contribution in [-0.4, -0.2) is 6.54 Å². The number of rotatable bonds is 7. The first-order valence-corrected chi connectivity index (χ1v) is 10.7. The molecule has 0 aromatic heterocycles. The van der Waals surface area contributed by atoms with E-state index in [0.29, 0.717) is 12.1 Å². The van der Waals surface area contributed by atoms with Crippen LogP contribution in [-0.2, 0) is 5.41 Å². The zero-order chi connectivity index (χ0) is 22.6. The van der Waals surface area contributed by atoms with Gasteiger partial charge in [-0.05, 0) is 84.7 Å². The number of allylic oxidation sites excluding steroid dienone is 5. The highest BCUT2D eigenvalue weighted by atomic mass is 19.1. The van der Waals surface area contributed by atoms with E-state index in [2.05, 4.69) is 58.6 Å². The predicted octanol–water partition coefficient (Wildman–Crippen LogP) is 7.66. The summed E-state index contributed by atoms with van der Waals surface area (Å²) in [5.74, 6) is -0.207. The number of benzene rings is 2. The van der Waals surface area contributed by atoms with Crippen molar-refractivity contribution in [3.8, 4) is 11.1 Å². The van der Waals surface area contributed by atoms with Gasteiger partial charge in [-0.1, -0.05) is 69.3 Å².